The molecule has 0 bridgehead atoms. The van der Waals surface area contributed by atoms with Gasteiger partial charge in [-0.1, -0.05) is 17.7 Å². The van der Waals surface area contributed by atoms with Gasteiger partial charge in [0.25, 0.3) is 0 Å². The van der Waals surface area contributed by atoms with E-state index in [0.717, 1.165) is 11.1 Å². The Morgan fingerprint density at radius 2 is 2.09 bits per heavy atom. The number of hydrogen-bond donors (Lipinski definition) is 2. The summed E-state index contributed by atoms with van der Waals surface area (Å²) in [5, 5.41) is 11.0. The lowest BCUT2D eigenvalue weighted by Crippen LogP contribution is -2.53. The summed E-state index contributed by atoms with van der Waals surface area (Å²) >= 11 is 5.84. The highest BCUT2D eigenvalue weighted by Gasteiger charge is 2.37. The lowest BCUT2D eigenvalue weighted by atomic mass is 10.1. The van der Waals surface area contributed by atoms with E-state index in [-0.39, 0.29) is 12.0 Å². The van der Waals surface area contributed by atoms with Gasteiger partial charge in [0.05, 0.1) is 24.5 Å². The zero-order chi connectivity index (χ0) is 22.8. The highest BCUT2D eigenvalue weighted by Crippen LogP contribution is 2.33. The van der Waals surface area contributed by atoms with Crippen LogP contribution < -0.4 is 15.5 Å². The predicted molar refractivity (Wildman–Crippen MR) is 122 cm³/mol. The van der Waals surface area contributed by atoms with Crippen molar-refractivity contribution < 1.29 is 9.53 Å². The van der Waals surface area contributed by atoms with Crippen molar-refractivity contribution in [3.63, 3.8) is 0 Å². The number of anilines is 3. The van der Waals surface area contributed by atoms with Crippen LogP contribution in [-0.2, 0) is 22.6 Å². The number of aryl methyl sites for hydroxylation is 1. The number of methoxy groups -OCH3 is 1. The number of amides is 1. The second-order valence-electron chi connectivity index (χ2n) is 7.71. The maximum atomic E-state index is 12.5. The molecule has 0 unspecified atom stereocenters. The van der Waals surface area contributed by atoms with Crippen LogP contribution in [0.1, 0.15) is 23.7 Å². The molecule has 1 aliphatic heterocycles. The highest BCUT2D eigenvalue weighted by molar-refractivity contribution is 6.29. The lowest BCUT2D eigenvalue weighted by Gasteiger charge is -2.37. The molecule has 168 valence electrons. The molecule has 11 heteroatoms. The van der Waals surface area contributed by atoms with E-state index in [1.165, 1.54) is 0 Å². The fourth-order valence-corrected chi connectivity index (χ4v) is 3.76. The summed E-state index contributed by atoms with van der Waals surface area (Å²) in [4.78, 5) is 27.6. The lowest BCUT2D eigenvalue weighted by molar-refractivity contribution is -0.120. The van der Waals surface area contributed by atoms with Crippen molar-refractivity contribution in [1.82, 2.24) is 24.7 Å². The minimum atomic E-state index is -0.477. The van der Waals surface area contributed by atoms with Gasteiger partial charge in [0, 0.05) is 38.7 Å². The molecular formula is C21H25ClN8O2. The molecule has 32 heavy (non-hydrogen) atoms. The number of nitrogens with zero attached hydrogens (tertiary/aromatic N) is 6. The molecular weight excluding hydrogens is 432 g/mol. The van der Waals surface area contributed by atoms with E-state index < -0.39 is 6.04 Å². The van der Waals surface area contributed by atoms with Crippen molar-refractivity contribution >= 4 is 35.0 Å². The summed E-state index contributed by atoms with van der Waals surface area (Å²) in [6.45, 7) is 4.81. The molecule has 0 radical (unpaired) electrons. The first kappa shape index (κ1) is 22.0. The molecule has 0 aliphatic carbocycles. The van der Waals surface area contributed by atoms with Gasteiger partial charge in [-0.3, -0.25) is 9.48 Å². The number of hydrogen-bond acceptors (Lipinski definition) is 8. The van der Waals surface area contributed by atoms with E-state index in [1.54, 1.807) is 25.6 Å². The fourth-order valence-electron chi connectivity index (χ4n) is 3.65. The molecule has 3 aromatic rings. The summed E-state index contributed by atoms with van der Waals surface area (Å²) in [5.41, 5.74) is 3.30. The Bertz CT molecular complexity index is 1120. The highest BCUT2D eigenvalue weighted by atomic mass is 35.5. The molecule has 3 aromatic heterocycles. The van der Waals surface area contributed by atoms with Crippen molar-refractivity contribution in [3.05, 3.63) is 52.7 Å². The topological polar surface area (TPSA) is 110 Å². The number of aromatic nitrogens is 5. The minimum absolute atomic E-state index is 0.134. The van der Waals surface area contributed by atoms with Crippen LogP contribution in [0.5, 0.6) is 0 Å². The zero-order valence-electron chi connectivity index (χ0n) is 18.3. The van der Waals surface area contributed by atoms with Crippen LogP contribution in [-0.4, -0.2) is 56.9 Å². The van der Waals surface area contributed by atoms with Crippen molar-refractivity contribution in [3.8, 4) is 0 Å². The van der Waals surface area contributed by atoms with E-state index in [2.05, 4.69) is 30.7 Å². The Morgan fingerprint density at radius 1 is 1.28 bits per heavy atom. The molecule has 0 saturated carbocycles. The Balaban J connectivity index is 1.46. The number of ether oxygens (including phenoxy) is 1. The molecule has 10 nitrogen and oxygen atoms in total. The van der Waals surface area contributed by atoms with E-state index in [9.17, 15) is 4.79 Å². The quantitative estimate of drug-likeness (QED) is 0.522. The van der Waals surface area contributed by atoms with Gasteiger partial charge in [-0.25, -0.2) is 9.97 Å². The first-order valence-electron chi connectivity index (χ1n) is 10.2. The molecule has 0 saturated heterocycles. The third-order valence-corrected chi connectivity index (χ3v) is 5.65. The molecule has 1 amide bonds. The zero-order valence-corrected chi connectivity index (χ0v) is 19.1. The minimum Gasteiger partial charge on any atom is -0.379 e. The second-order valence-corrected chi connectivity index (χ2v) is 8.09. The molecule has 2 atom stereocenters. The smallest absolute Gasteiger partial charge is 0.249 e. The maximum Gasteiger partial charge on any atom is 0.249 e. The summed E-state index contributed by atoms with van der Waals surface area (Å²) in [6.07, 6.45) is 5.19. The first-order valence-corrected chi connectivity index (χ1v) is 10.5. The third-order valence-electron chi connectivity index (χ3n) is 5.43. The van der Waals surface area contributed by atoms with E-state index in [4.69, 9.17) is 16.3 Å². The van der Waals surface area contributed by atoms with Crippen LogP contribution in [0.4, 0.5) is 17.5 Å². The summed E-state index contributed by atoms with van der Waals surface area (Å²) in [7, 11) is 3.42. The fraction of sp³-hybridized carbons (Fsp3) is 0.381. The number of carbonyl (C=O) groups is 1. The summed E-state index contributed by atoms with van der Waals surface area (Å²) in [6, 6.07) is 3.21. The number of nitrogens with one attached hydrogen (secondary N) is 2. The van der Waals surface area contributed by atoms with Gasteiger partial charge in [0.15, 0.2) is 5.82 Å². The number of halogens is 1. The van der Waals surface area contributed by atoms with Gasteiger partial charge < -0.3 is 20.3 Å². The number of carbonyl (C=O) groups excluding carboxylic acids is 1. The Hall–Kier alpha value is -3.24. The molecule has 0 fully saturated rings. The Kier molecular flexibility index (Phi) is 6.24. The number of pyridine rings is 1. The molecule has 4 rings (SSSR count). The van der Waals surface area contributed by atoms with Crippen molar-refractivity contribution in [2.45, 2.75) is 39.1 Å². The van der Waals surface area contributed by atoms with Crippen molar-refractivity contribution in [1.29, 1.82) is 0 Å². The van der Waals surface area contributed by atoms with Crippen LogP contribution in [0.15, 0.2) is 30.7 Å². The summed E-state index contributed by atoms with van der Waals surface area (Å²) in [5.74, 6) is 0.993. The Morgan fingerprint density at radius 3 is 2.81 bits per heavy atom. The second kappa shape index (κ2) is 9.09. The largest absolute Gasteiger partial charge is 0.379 e. The molecule has 4 heterocycles. The first-order chi connectivity index (χ1) is 15.4. The maximum absolute atomic E-state index is 12.5. The number of rotatable bonds is 7. The monoisotopic (exact) mass is 456 g/mol. The normalized spacial score (nSPS) is 16.5. The van der Waals surface area contributed by atoms with Crippen LogP contribution in [0.2, 0.25) is 5.15 Å². The molecule has 0 spiro atoms. The standard InChI is InChI=1S/C21H25ClN8O2/c1-12-17-19(29(3)18(13(2)32-4)20(31)27-17)28-21(26-12)24-8-15-9-25-30(11-15)10-14-5-6-16(22)23-7-14/h5-7,9,11,13,18H,8,10H2,1-4H3,(H,27,31)(H,24,26,28)/t13-,18+/m1/s1. The van der Waals surface area contributed by atoms with Gasteiger partial charge in [-0.05, 0) is 25.5 Å². The Labute approximate surface area is 191 Å². The van der Waals surface area contributed by atoms with E-state index in [0.29, 0.717) is 41.4 Å². The summed E-state index contributed by atoms with van der Waals surface area (Å²) < 4.78 is 7.22. The van der Waals surface area contributed by atoms with Gasteiger partial charge >= 0.3 is 0 Å². The number of fused-ring (bicyclic) bond motifs is 1. The molecule has 1 aliphatic rings. The predicted octanol–water partition coefficient (Wildman–Crippen LogP) is 2.48. The average Bonchev–Trinajstić information content (AvgIpc) is 3.22. The van der Waals surface area contributed by atoms with Gasteiger partial charge in [0.2, 0.25) is 11.9 Å². The van der Waals surface area contributed by atoms with E-state index >= 15 is 0 Å². The molecule has 2 N–H and O–H groups in total. The van der Waals surface area contributed by atoms with Crippen molar-refractivity contribution in [2.24, 2.45) is 0 Å². The van der Waals surface area contributed by atoms with E-state index in [1.807, 2.05) is 42.7 Å². The van der Waals surface area contributed by atoms with Gasteiger partial charge in [0.1, 0.15) is 16.9 Å². The third kappa shape index (κ3) is 4.51. The van der Waals surface area contributed by atoms with Gasteiger partial charge in [-0.15, -0.1) is 0 Å². The van der Waals surface area contributed by atoms with Crippen molar-refractivity contribution in [2.75, 3.05) is 29.7 Å². The average molecular weight is 457 g/mol. The van der Waals surface area contributed by atoms with Crippen LogP contribution in [0.25, 0.3) is 0 Å². The van der Waals surface area contributed by atoms with Crippen LogP contribution in [0, 0.1) is 6.92 Å². The number of likely N-dealkylation sites (N-methyl/N-ethyl adjacent to an activating group) is 1. The van der Waals surface area contributed by atoms with Crippen LogP contribution >= 0.6 is 11.6 Å². The molecule has 0 aromatic carbocycles. The van der Waals surface area contributed by atoms with Crippen LogP contribution in [0.3, 0.4) is 0 Å². The van der Waals surface area contributed by atoms with Gasteiger partial charge in [-0.2, -0.15) is 10.1 Å². The SMILES string of the molecule is CO[C@H](C)[C@H]1C(=O)Nc2c(C)nc(NCc3cnn(Cc4ccc(Cl)nc4)c3)nc2N1C.